The van der Waals surface area contributed by atoms with E-state index in [-0.39, 0.29) is 4.90 Å². The van der Waals surface area contributed by atoms with Gasteiger partial charge in [-0.1, -0.05) is 36.4 Å². The Morgan fingerprint density at radius 1 is 0.895 bits per heavy atom. The summed E-state index contributed by atoms with van der Waals surface area (Å²) in [7, 11) is -3.78. The molecule has 0 radical (unpaired) electrons. The molecule has 5 heteroatoms. The molecule has 19 heavy (non-hydrogen) atoms. The van der Waals surface area contributed by atoms with Gasteiger partial charge in [-0.2, -0.15) is 4.31 Å². The summed E-state index contributed by atoms with van der Waals surface area (Å²) in [5.41, 5.74) is 1.95. The lowest BCUT2D eigenvalue weighted by atomic mass is 10.1. The van der Waals surface area contributed by atoms with E-state index >= 15 is 0 Å². The number of halogens is 1. The molecule has 1 aliphatic heterocycles. The molecule has 0 saturated carbocycles. The van der Waals surface area contributed by atoms with Crippen LogP contribution in [-0.4, -0.2) is 12.7 Å². The maximum atomic E-state index is 13.7. The summed E-state index contributed by atoms with van der Waals surface area (Å²) >= 11 is 0. The van der Waals surface area contributed by atoms with Crippen LogP contribution in [0.2, 0.25) is 0 Å². The predicted octanol–water partition coefficient (Wildman–Crippen LogP) is 2.53. The maximum Gasteiger partial charge on any atom is 0.246 e. The quantitative estimate of drug-likeness (QED) is 0.846. The minimum Gasteiger partial charge on any atom is -0.207 e. The summed E-state index contributed by atoms with van der Waals surface area (Å²) < 4.78 is 39.8. The minimum absolute atomic E-state index is 0.261. The van der Waals surface area contributed by atoms with E-state index in [0.717, 1.165) is 17.2 Å². The van der Waals surface area contributed by atoms with Gasteiger partial charge in [0.15, 0.2) is 0 Å². The van der Waals surface area contributed by atoms with Crippen LogP contribution in [0.15, 0.2) is 53.4 Å². The maximum absolute atomic E-state index is 13.7. The van der Waals surface area contributed by atoms with E-state index in [0.29, 0.717) is 13.1 Å². The SMILES string of the molecule is O=S(=O)(c1ccccc1F)N1Cc2ccccc2C1. The van der Waals surface area contributed by atoms with E-state index in [9.17, 15) is 12.8 Å². The Balaban J connectivity index is 1.99. The van der Waals surface area contributed by atoms with Crippen LogP contribution in [0.5, 0.6) is 0 Å². The van der Waals surface area contributed by atoms with E-state index in [4.69, 9.17) is 0 Å². The summed E-state index contributed by atoms with van der Waals surface area (Å²) in [6.45, 7) is 0.597. The number of rotatable bonds is 2. The molecule has 0 atom stereocenters. The standard InChI is InChI=1S/C14H12FNO2S/c15-13-7-3-4-8-14(13)19(17,18)16-9-11-5-1-2-6-12(11)10-16/h1-8H,9-10H2. The summed E-state index contributed by atoms with van der Waals surface area (Å²) in [6.07, 6.45) is 0. The molecule has 1 aliphatic rings. The summed E-state index contributed by atoms with van der Waals surface area (Å²) in [4.78, 5) is -0.261. The number of hydrogen-bond acceptors (Lipinski definition) is 2. The topological polar surface area (TPSA) is 37.4 Å². The van der Waals surface area contributed by atoms with Crippen molar-refractivity contribution in [3.05, 3.63) is 65.5 Å². The molecule has 0 aliphatic carbocycles. The fourth-order valence-corrected chi connectivity index (χ4v) is 3.73. The van der Waals surface area contributed by atoms with Crippen LogP contribution >= 0.6 is 0 Å². The van der Waals surface area contributed by atoms with Crippen LogP contribution in [-0.2, 0) is 23.1 Å². The average Bonchev–Trinajstić information content (AvgIpc) is 2.83. The number of fused-ring (bicyclic) bond motifs is 1. The number of nitrogens with zero attached hydrogens (tertiary/aromatic N) is 1. The van der Waals surface area contributed by atoms with Crippen LogP contribution in [0, 0.1) is 5.82 Å². The molecule has 0 aromatic heterocycles. The molecular formula is C14H12FNO2S. The molecule has 0 amide bonds. The van der Waals surface area contributed by atoms with Crippen molar-refractivity contribution < 1.29 is 12.8 Å². The third-order valence-electron chi connectivity index (χ3n) is 3.27. The summed E-state index contributed by atoms with van der Waals surface area (Å²) in [5, 5.41) is 0. The van der Waals surface area contributed by atoms with E-state index in [2.05, 4.69) is 0 Å². The average molecular weight is 277 g/mol. The molecule has 0 fully saturated rings. The first kappa shape index (κ1) is 12.3. The van der Waals surface area contributed by atoms with Gasteiger partial charge in [0, 0.05) is 13.1 Å². The third-order valence-corrected chi connectivity index (χ3v) is 5.09. The number of sulfonamides is 1. The fourth-order valence-electron chi connectivity index (χ4n) is 2.26. The Morgan fingerprint density at radius 2 is 1.42 bits per heavy atom. The monoisotopic (exact) mass is 277 g/mol. The first-order chi connectivity index (χ1) is 9.09. The largest absolute Gasteiger partial charge is 0.246 e. The molecule has 1 heterocycles. The molecule has 0 unspecified atom stereocenters. The van der Waals surface area contributed by atoms with Crippen molar-refractivity contribution in [3.63, 3.8) is 0 Å². The second-order valence-electron chi connectivity index (χ2n) is 4.47. The zero-order chi connectivity index (χ0) is 13.5. The van der Waals surface area contributed by atoms with Gasteiger partial charge in [0.2, 0.25) is 10.0 Å². The van der Waals surface area contributed by atoms with Crippen molar-refractivity contribution in [2.24, 2.45) is 0 Å². The first-order valence-corrected chi connectivity index (χ1v) is 7.34. The normalized spacial score (nSPS) is 15.4. The molecule has 2 aromatic rings. The highest BCUT2D eigenvalue weighted by atomic mass is 32.2. The lowest BCUT2D eigenvalue weighted by molar-refractivity contribution is 0.427. The van der Waals surface area contributed by atoms with Crippen molar-refractivity contribution >= 4 is 10.0 Å². The molecule has 0 N–H and O–H groups in total. The van der Waals surface area contributed by atoms with Gasteiger partial charge in [-0.05, 0) is 23.3 Å². The van der Waals surface area contributed by atoms with Crippen LogP contribution < -0.4 is 0 Å². The van der Waals surface area contributed by atoms with Crippen LogP contribution in [0.4, 0.5) is 4.39 Å². The molecule has 0 bridgehead atoms. The first-order valence-electron chi connectivity index (χ1n) is 5.90. The Labute approximate surface area is 111 Å². The molecule has 0 spiro atoms. The van der Waals surface area contributed by atoms with E-state index in [1.54, 1.807) is 0 Å². The molecular weight excluding hydrogens is 265 g/mol. The Bertz CT molecular complexity index is 703. The van der Waals surface area contributed by atoms with Crippen LogP contribution in [0.25, 0.3) is 0 Å². The molecule has 3 rings (SSSR count). The zero-order valence-corrected chi connectivity index (χ0v) is 10.9. The second kappa shape index (κ2) is 4.43. The highest BCUT2D eigenvalue weighted by molar-refractivity contribution is 7.89. The molecule has 3 nitrogen and oxygen atoms in total. The summed E-state index contributed by atoms with van der Waals surface area (Å²) in [5.74, 6) is -0.710. The van der Waals surface area contributed by atoms with Crippen molar-refractivity contribution in [2.45, 2.75) is 18.0 Å². The second-order valence-corrected chi connectivity index (χ2v) is 6.38. The van der Waals surface area contributed by atoms with Gasteiger partial charge in [0.1, 0.15) is 10.7 Å². The van der Waals surface area contributed by atoms with Gasteiger partial charge >= 0.3 is 0 Å². The van der Waals surface area contributed by atoms with Gasteiger partial charge < -0.3 is 0 Å². The zero-order valence-electron chi connectivity index (χ0n) is 10.1. The van der Waals surface area contributed by atoms with Crippen molar-refractivity contribution in [1.82, 2.24) is 4.31 Å². The molecule has 0 saturated heterocycles. The van der Waals surface area contributed by atoms with Crippen LogP contribution in [0.3, 0.4) is 0 Å². The van der Waals surface area contributed by atoms with E-state index in [1.165, 1.54) is 22.5 Å². The smallest absolute Gasteiger partial charge is 0.207 e. The van der Waals surface area contributed by atoms with Gasteiger partial charge in [-0.3, -0.25) is 0 Å². The van der Waals surface area contributed by atoms with Gasteiger partial charge in [0.25, 0.3) is 0 Å². The summed E-state index contributed by atoms with van der Waals surface area (Å²) in [6, 6.07) is 13.0. The van der Waals surface area contributed by atoms with Gasteiger partial charge in [0.05, 0.1) is 0 Å². The Kier molecular flexibility index (Phi) is 2.88. The minimum atomic E-state index is -3.78. The van der Waals surface area contributed by atoms with Crippen LogP contribution in [0.1, 0.15) is 11.1 Å². The van der Waals surface area contributed by atoms with Crippen molar-refractivity contribution in [3.8, 4) is 0 Å². The highest BCUT2D eigenvalue weighted by Crippen LogP contribution is 2.29. The third kappa shape index (κ3) is 2.05. The van der Waals surface area contributed by atoms with Gasteiger partial charge in [-0.25, -0.2) is 12.8 Å². The van der Waals surface area contributed by atoms with Crippen molar-refractivity contribution in [2.75, 3.05) is 0 Å². The van der Waals surface area contributed by atoms with Crippen molar-refractivity contribution in [1.29, 1.82) is 0 Å². The van der Waals surface area contributed by atoms with E-state index in [1.807, 2.05) is 24.3 Å². The lowest BCUT2D eigenvalue weighted by Crippen LogP contribution is -2.26. The number of benzene rings is 2. The number of hydrogen-bond donors (Lipinski definition) is 0. The van der Waals surface area contributed by atoms with Gasteiger partial charge in [-0.15, -0.1) is 0 Å². The van der Waals surface area contributed by atoms with E-state index < -0.39 is 15.8 Å². The predicted molar refractivity (Wildman–Crippen MR) is 69.3 cm³/mol. The Morgan fingerprint density at radius 3 is 2.00 bits per heavy atom. The fraction of sp³-hybridized carbons (Fsp3) is 0.143. The lowest BCUT2D eigenvalue weighted by Gasteiger charge is -2.15. The molecule has 2 aromatic carbocycles. The Hall–Kier alpha value is -1.72. The highest BCUT2D eigenvalue weighted by Gasteiger charge is 2.31. The molecule has 98 valence electrons.